The molecule has 1 aromatic carbocycles. The first-order valence-electron chi connectivity index (χ1n) is 6.09. The minimum Gasteiger partial charge on any atom is -0.478 e. The van der Waals surface area contributed by atoms with Crippen molar-refractivity contribution in [1.82, 2.24) is 0 Å². The molecule has 0 bridgehead atoms. The van der Waals surface area contributed by atoms with Crippen LogP contribution < -0.4 is 11.1 Å². The predicted octanol–water partition coefficient (Wildman–Crippen LogP) is 1.95. The molecule has 1 aliphatic rings. The maximum atomic E-state index is 11.1. The number of carboxylic acids is 1. The van der Waals surface area contributed by atoms with E-state index in [9.17, 15) is 4.79 Å². The molecule has 18 heavy (non-hydrogen) atoms. The van der Waals surface area contributed by atoms with Gasteiger partial charge in [0.05, 0.1) is 11.7 Å². The summed E-state index contributed by atoms with van der Waals surface area (Å²) in [6, 6.07) is 4.93. The fraction of sp³-hybridized carbons (Fsp3) is 0.462. The number of ether oxygens (including phenoxy) is 1. The van der Waals surface area contributed by atoms with Crippen molar-refractivity contribution in [1.29, 1.82) is 0 Å². The minimum absolute atomic E-state index is 0.0780. The van der Waals surface area contributed by atoms with E-state index in [2.05, 4.69) is 5.32 Å². The summed E-state index contributed by atoms with van der Waals surface area (Å²) in [6.07, 6.45) is 2.21. The third kappa shape index (κ3) is 2.73. The lowest BCUT2D eigenvalue weighted by Crippen LogP contribution is -2.30. The number of nitrogens with two attached hydrogens (primary N) is 1. The monoisotopic (exact) mass is 250 g/mol. The Morgan fingerprint density at radius 2 is 2.39 bits per heavy atom. The van der Waals surface area contributed by atoms with Gasteiger partial charge in [0.25, 0.3) is 0 Å². The quantitative estimate of drug-likeness (QED) is 0.711. The van der Waals surface area contributed by atoms with Gasteiger partial charge < -0.3 is 20.9 Å². The second-order valence-electron chi connectivity index (χ2n) is 4.59. The highest BCUT2D eigenvalue weighted by atomic mass is 16.5. The van der Waals surface area contributed by atoms with Gasteiger partial charge in [-0.05, 0) is 38.0 Å². The normalized spacial score (nSPS) is 20.6. The first kappa shape index (κ1) is 12.7. The van der Waals surface area contributed by atoms with E-state index in [-0.39, 0.29) is 17.7 Å². The summed E-state index contributed by atoms with van der Waals surface area (Å²) in [5.74, 6) is -0.982. The first-order valence-corrected chi connectivity index (χ1v) is 6.09. The molecule has 1 aliphatic heterocycles. The summed E-state index contributed by atoms with van der Waals surface area (Å²) >= 11 is 0. The highest BCUT2D eigenvalue weighted by Gasteiger charge is 2.23. The van der Waals surface area contributed by atoms with Crippen molar-refractivity contribution in [2.24, 2.45) is 0 Å². The Balaban J connectivity index is 2.15. The number of carbonyl (C=O) groups is 1. The highest BCUT2D eigenvalue weighted by Crippen LogP contribution is 2.23. The number of anilines is 2. The lowest BCUT2D eigenvalue weighted by Gasteiger charge is -2.22. The summed E-state index contributed by atoms with van der Waals surface area (Å²) < 4.78 is 5.58. The summed E-state index contributed by atoms with van der Waals surface area (Å²) in [6.45, 7) is 2.78. The van der Waals surface area contributed by atoms with E-state index in [0.29, 0.717) is 11.4 Å². The fourth-order valence-corrected chi connectivity index (χ4v) is 2.20. The number of hydrogen-bond donors (Lipinski definition) is 3. The van der Waals surface area contributed by atoms with E-state index in [1.807, 2.05) is 6.92 Å². The molecule has 2 unspecified atom stereocenters. The number of nitrogens with one attached hydrogen (secondary N) is 1. The molecule has 5 nitrogen and oxygen atoms in total. The summed E-state index contributed by atoms with van der Waals surface area (Å²) in [5.41, 5.74) is 6.83. The van der Waals surface area contributed by atoms with Crippen molar-refractivity contribution in [3.63, 3.8) is 0 Å². The molecule has 2 atom stereocenters. The smallest absolute Gasteiger partial charge is 0.337 e. The van der Waals surface area contributed by atoms with Crippen molar-refractivity contribution in [3.05, 3.63) is 23.8 Å². The van der Waals surface area contributed by atoms with E-state index >= 15 is 0 Å². The predicted molar refractivity (Wildman–Crippen MR) is 69.9 cm³/mol. The average molecular weight is 250 g/mol. The van der Waals surface area contributed by atoms with E-state index in [1.54, 1.807) is 12.1 Å². The maximum absolute atomic E-state index is 11.1. The van der Waals surface area contributed by atoms with Gasteiger partial charge in [0.2, 0.25) is 0 Å². The Morgan fingerprint density at radius 1 is 1.61 bits per heavy atom. The van der Waals surface area contributed by atoms with Crippen LogP contribution in [-0.4, -0.2) is 29.8 Å². The summed E-state index contributed by atoms with van der Waals surface area (Å²) in [7, 11) is 0. The Kier molecular flexibility index (Phi) is 3.72. The number of nitrogen functional groups attached to an aromatic ring is 1. The van der Waals surface area contributed by atoms with Crippen LogP contribution in [0.1, 0.15) is 30.1 Å². The average Bonchev–Trinajstić information content (AvgIpc) is 2.84. The van der Waals surface area contributed by atoms with Crippen LogP contribution in [0, 0.1) is 0 Å². The van der Waals surface area contributed by atoms with Crippen LogP contribution in [-0.2, 0) is 4.74 Å². The van der Waals surface area contributed by atoms with Gasteiger partial charge in [0.15, 0.2) is 0 Å². The second-order valence-corrected chi connectivity index (χ2v) is 4.59. The number of benzene rings is 1. The molecule has 0 radical (unpaired) electrons. The second kappa shape index (κ2) is 5.27. The zero-order valence-corrected chi connectivity index (χ0v) is 10.3. The SMILES string of the molecule is CC(Nc1ccc(N)cc1C(=O)O)C1CCCO1. The summed E-state index contributed by atoms with van der Waals surface area (Å²) in [5, 5.41) is 12.3. The van der Waals surface area contributed by atoms with Crippen molar-refractivity contribution < 1.29 is 14.6 Å². The van der Waals surface area contributed by atoms with Crippen LogP contribution in [0.3, 0.4) is 0 Å². The minimum atomic E-state index is -0.982. The van der Waals surface area contributed by atoms with Gasteiger partial charge in [-0.3, -0.25) is 0 Å². The third-order valence-electron chi connectivity index (χ3n) is 3.18. The van der Waals surface area contributed by atoms with Crippen LogP contribution in [0.15, 0.2) is 18.2 Å². The standard InChI is InChI=1S/C13H18N2O3/c1-8(12-3-2-6-18-12)15-11-5-4-9(14)7-10(11)13(16)17/h4-5,7-8,12,15H,2-3,6,14H2,1H3,(H,16,17). The molecule has 2 rings (SSSR count). The van der Waals surface area contributed by atoms with Gasteiger partial charge in [-0.2, -0.15) is 0 Å². The molecule has 1 fully saturated rings. The largest absolute Gasteiger partial charge is 0.478 e. The van der Waals surface area contributed by atoms with Gasteiger partial charge in [0.1, 0.15) is 0 Å². The molecule has 0 aromatic heterocycles. The van der Waals surface area contributed by atoms with E-state index in [1.165, 1.54) is 6.07 Å². The molecule has 0 spiro atoms. The zero-order chi connectivity index (χ0) is 13.1. The Hall–Kier alpha value is -1.75. The Labute approximate surface area is 106 Å². The van der Waals surface area contributed by atoms with Crippen LogP contribution in [0.25, 0.3) is 0 Å². The Morgan fingerprint density at radius 3 is 3.00 bits per heavy atom. The number of carboxylic acid groups (broad SMARTS) is 1. The van der Waals surface area contributed by atoms with Crippen LogP contribution in [0.5, 0.6) is 0 Å². The molecule has 98 valence electrons. The van der Waals surface area contributed by atoms with Gasteiger partial charge >= 0.3 is 5.97 Å². The topological polar surface area (TPSA) is 84.6 Å². The molecule has 1 aromatic rings. The Bertz CT molecular complexity index is 442. The molecule has 4 N–H and O–H groups in total. The third-order valence-corrected chi connectivity index (χ3v) is 3.18. The van der Waals surface area contributed by atoms with Crippen molar-refractivity contribution >= 4 is 17.3 Å². The highest BCUT2D eigenvalue weighted by molar-refractivity contribution is 5.95. The molecule has 0 saturated carbocycles. The molecule has 0 amide bonds. The van der Waals surface area contributed by atoms with Crippen molar-refractivity contribution in [3.8, 4) is 0 Å². The molecule has 5 heteroatoms. The summed E-state index contributed by atoms with van der Waals surface area (Å²) in [4.78, 5) is 11.1. The first-order chi connectivity index (χ1) is 8.58. The van der Waals surface area contributed by atoms with Crippen LogP contribution in [0.2, 0.25) is 0 Å². The van der Waals surface area contributed by atoms with Gasteiger partial charge in [-0.15, -0.1) is 0 Å². The van der Waals surface area contributed by atoms with E-state index in [4.69, 9.17) is 15.6 Å². The lowest BCUT2D eigenvalue weighted by molar-refractivity contribution is 0.0697. The van der Waals surface area contributed by atoms with Crippen molar-refractivity contribution in [2.45, 2.75) is 31.9 Å². The molecule has 1 saturated heterocycles. The van der Waals surface area contributed by atoms with Gasteiger partial charge in [0, 0.05) is 24.0 Å². The molecule has 0 aliphatic carbocycles. The zero-order valence-electron chi connectivity index (χ0n) is 10.3. The maximum Gasteiger partial charge on any atom is 0.337 e. The number of aromatic carboxylic acids is 1. The van der Waals surface area contributed by atoms with E-state index < -0.39 is 5.97 Å². The van der Waals surface area contributed by atoms with Gasteiger partial charge in [-0.1, -0.05) is 0 Å². The fourth-order valence-electron chi connectivity index (χ4n) is 2.20. The number of rotatable bonds is 4. The molecular weight excluding hydrogens is 232 g/mol. The van der Waals surface area contributed by atoms with Gasteiger partial charge in [-0.25, -0.2) is 4.79 Å². The molecular formula is C13H18N2O3. The van der Waals surface area contributed by atoms with Crippen LogP contribution in [0.4, 0.5) is 11.4 Å². The molecule has 1 heterocycles. The lowest BCUT2D eigenvalue weighted by atomic mass is 10.1. The van der Waals surface area contributed by atoms with E-state index in [0.717, 1.165) is 19.4 Å². The van der Waals surface area contributed by atoms with Crippen molar-refractivity contribution in [2.75, 3.05) is 17.7 Å². The van der Waals surface area contributed by atoms with Crippen LogP contribution >= 0.6 is 0 Å². The number of hydrogen-bond acceptors (Lipinski definition) is 4.